The average molecular weight is 312 g/mol. The third kappa shape index (κ3) is 3.45. The fraction of sp³-hybridized carbons (Fsp3) is 0.250. The summed E-state index contributed by atoms with van der Waals surface area (Å²) in [5, 5.41) is 11.9. The molecule has 7 nitrogen and oxygen atoms in total. The molecule has 0 fully saturated rings. The van der Waals surface area contributed by atoms with Gasteiger partial charge in [-0.15, -0.1) is 5.10 Å². The largest absolute Gasteiger partial charge is 0.497 e. The van der Waals surface area contributed by atoms with Crippen LogP contribution in [-0.2, 0) is 0 Å². The predicted octanol–water partition coefficient (Wildman–Crippen LogP) is 2.98. The summed E-state index contributed by atoms with van der Waals surface area (Å²) in [7, 11) is 1.61. The van der Waals surface area contributed by atoms with Crippen molar-refractivity contribution in [2.45, 2.75) is 20.0 Å². The summed E-state index contributed by atoms with van der Waals surface area (Å²) >= 11 is 0. The lowest BCUT2D eigenvalue weighted by Gasteiger charge is -2.11. The van der Waals surface area contributed by atoms with Crippen molar-refractivity contribution in [1.29, 1.82) is 0 Å². The molecule has 0 N–H and O–H groups in total. The molecule has 2 heterocycles. The lowest BCUT2D eigenvalue weighted by molar-refractivity contribution is 0.175. The van der Waals surface area contributed by atoms with Crippen molar-refractivity contribution in [3.05, 3.63) is 48.0 Å². The first kappa shape index (κ1) is 15.0. The Morgan fingerprint density at radius 2 is 1.91 bits per heavy atom. The number of ether oxygens (including phenoxy) is 2. The van der Waals surface area contributed by atoms with Gasteiger partial charge in [0.05, 0.1) is 12.8 Å². The molecule has 0 bridgehead atoms. The van der Waals surface area contributed by atoms with E-state index in [1.165, 1.54) is 0 Å². The lowest BCUT2D eigenvalue weighted by Crippen LogP contribution is -2.03. The van der Waals surface area contributed by atoms with Gasteiger partial charge in [0.25, 0.3) is 5.89 Å². The van der Waals surface area contributed by atoms with E-state index >= 15 is 0 Å². The van der Waals surface area contributed by atoms with E-state index in [1.807, 2.05) is 38.1 Å². The Balaban J connectivity index is 1.75. The molecule has 3 rings (SSSR count). The first-order valence-corrected chi connectivity index (χ1v) is 7.11. The summed E-state index contributed by atoms with van der Waals surface area (Å²) < 4.78 is 16.2. The average Bonchev–Trinajstić information content (AvgIpc) is 3.06. The van der Waals surface area contributed by atoms with Crippen LogP contribution in [0.1, 0.15) is 24.6 Å². The van der Waals surface area contributed by atoms with Crippen LogP contribution in [0, 0.1) is 6.92 Å². The van der Waals surface area contributed by atoms with Crippen LogP contribution in [0.2, 0.25) is 0 Å². The van der Waals surface area contributed by atoms with E-state index in [2.05, 4.69) is 20.3 Å². The van der Waals surface area contributed by atoms with E-state index in [-0.39, 0.29) is 0 Å². The molecule has 3 aromatic rings. The van der Waals surface area contributed by atoms with Gasteiger partial charge in [-0.25, -0.2) is 0 Å². The number of hydrogen-bond donors (Lipinski definition) is 0. The molecule has 0 amide bonds. The third-order valence-corrected chi connectivity index (χ3v) is 3.17. The van der Waals surface area contributed by atoms with Crippen molar-refractivity contribution in [3.63, 3.8) is 0 Å². The summed E-state index contributed by atoms with van der Waals surface area (Å²) in [5.74, 6) is 2.13. The second-order valence-electron chi connectivity index (χ2n) is 4.96. The summed E-state index contributed by atoms with van der Waals surface area (Å²) in [5.41, 5.74) is 1.38. The molecule has 118 valence electrons. The molecule has 0 spiro atoms. The first-order chi connectivity index (χ1) is 11.2. The molecular weight excluding hydrogens is 296 g/mol. The highest BCUT2D eigenvalue weighted by Crippen LogP contribution is 2.25. The van der Waals surface area contributed by atoms with Gasteiger partial charge in [0.1, 0.15) is 17.2 Å². The van der Waals surface area contributed by atoms with Crippen LogP contribution in [0.25, 0.3) is 11.5 Å². The van der Waals surface area contributed by atoms with Gasteiger partial charge in [-0.2, -0.15) is 10.1 Å². The fourth-order valence-electron chi connectivity index (χ4n) is 1.95. The van der Waals surface area contributed by atoms with Crippen LogP contribution >= 0.6 is 0 Å². The van der Waals surface area contributed by atoms with Crippen LogP contribution in [-0.4, -0.2) is 27.4 Å². The van der Waals surface area contributed by atoms with Crippen molar-refractivity contribution >= 4 is 0 Å². The number of rotatable bonds is 5. The van der Waals surface area contributed by atoms with Gasteiger partial charge in [-0.05, 0) is 38.1 Å². The Kier molecular flexibility index (Phi) is 4.18. The maximum absolute atomic E-state index is 5.80. The van der Waals surface area contributed by atoms with E-state index in [0.717, 1.165) is 11.4 Å². The van der Waals surface area contributed by atoms with E-state index < -0.39 is 6.10 Å². The Hall–Kier alpha value is -2.96. The standard InChI is InChI=1S/C16H16N4O3/c1-10-7-8-14(19-18-10)15-17-16(23-20-15)11(2)22-13-6-4-5-12(9-13)21-3/h4-9,11H,1-3H3. The maximum Gasteiger partial charge on any atom is 0.267 e. The summed E-state index contributed by atoms with van der Waals surface area (Å²) in [6.45, 7) is 3.69. The van der Waals surface area contributed by atoms with E-state index in [4.69, 9.17) is 14.0 Å². The van der Waals surface area contributed by atoms with Gasteiger partial charge in [0.15, 0.2) is 6.10 Å². The molecule has 0 saturated heterocycles. The van der Waals surface area contributed by atoms with Gasteiger partial charge < -0.3 is 14.0 Å². The second kappa shape index (κ2) is 6.43. The summed E-state index contributed by atoms with van der Waals surface area (Å²) in [4.78, 5) is 4.31. The van der Waals surface area contributed by atoms with Crippen molar-refractivity contribution in [3.8, 4) is 23.0 Å². The zero-order valence-electron chi connectivity index (χ0n) is 13.1. The van der Waals surface area contributed by atoms with Crippen LogP contribution in [0.15, 0.2) is 40.9 Å². The van der Waals surface area contributed by atoms with Gasteiger partial charge >= 0.3 is 0 Å². The van der Waals surface area contributed by atoms with Crippen LogP contribution < -0.4 is 9.47 Å². The number of methoxy groups -OCH3 is 1. The van der Waals surface area contributed by atoms with Crippen LogP contribution in [0.5, 0.6) is 11.5 Å². The quantitative estimate of drug-likeness (QED) is 0.716. The molecule has 23 heavy (non-hydrogen) atoms. The topological polar surface area (TPSA) is 83.2 Å². The number of aromatic nitrogens is 4. The Morgan fingerprint density at radius 1 is 1.09 bits per heavy atom. The minimum absolute atomic E-state index is 0.366. The molecular formula is C16H16N4O3. The Labute approximate surface area is 133 Å². The van der Waals surface area contributed by atoms with Gasteiger partial charge in [0.2, 0.25) is 5.82 Å². The SMILES string of the molecule is COc1cccc(OC(C)c2nc(-c3ccc(C)nn3)no2)c1. The molecule has 0 aliphatic carbocycles. The zero-order chi connectivity index (χ0) is 16.2. The molecule has 0 radical (unpaired) electrons. The normalized spacial score (nSPS) is 12.0. The highest BCUT2D eigenvalue weighted by molar-refractivity contribution is 5.46. The third-order valence-electron chi connectivity index (χ3n) is 3.17. The second-order valence-corrected chi connectivity index (χ2v) is 4.96. The summed E-state index contributed by atoms with van der Waals surface area (Å²) in [6.07, 6.45) is -0.401. The zero-order valence-corrected chi connectivity index (χ0v) is 13.1. The molecule has 1 unspecified atom stereocenters. The Morgan fingerprint density at radius 3 is 2.65 bits per heavy atom. The van der Waals surface area contributed by atoms with E-state index in [0.29, 0.717) is 23.2 Å². The molecule has 0 aliphatic heterocycles. The Bertz CT molecular complexity index is 786. The van der Waals surface area contributed by atoms with Crippen LogP contribution in [0.4, 0.5) is 0 Å². The highest BCUT2D eigenvalue weighted by Gasteiger charge is 2.18. The first-order valence-electron chi connectivity index (χ1n) is 7.11. The number of nitrogens with zero attached hydrogens (tertiary/aromatic N) is 4. The van der Waals surface area contributed by atoms with Crippen molar-refractivity contribution in [1.82, 2.24) is 20.3 Å². The molecule has 0 saturated carbocycles. The smallest absolute Gasteiger partial charge is 0.267 e. The molecule has 0 aliphatic rings. The van der Waals surface area contributed by atoms with Crippen LogP contribution in [0.3, 0.4) is 0 Å². The van der Waals surface area contributed by atoms with Gasteiger partial charge in [-0.3, -0.25) is 0 Å². The lowest BCUT2D eigenvalue weighted by atomic mass is 10.3. The van der Waals surface area contributed by atoms with E-state index in [9.17, 15) is 0 Å². The molecule has 1 atom stereocenters. The van der Waals surface area contributed by atoms with Crippen molar-refractivity contribution in [2.24, 2.45) is 0 Å². The maximum atomic E-state index is 5.80. The summed E-state index contributed by atoms with van der Waals surface area (Å²) in [6, 6.07) is 11.0. The van der Waals surface area contributed by atoms with E-state index in [1.54, 1.807) is 19.2 Å². The predicted molar refractivity (Wildman–Crippen MR) is 82.1 cm³/mol. The molecule has 2 aromatic heterocycles. The number of aryl methyl sites for hydroxylation is 1. The van der Waals surface area contributed by atoms with Gasteiger partial charge in [0, 0.05) is 6.07 Å². The minimum Gasteiger partial charge on any atom is -0.497 e. The molecule has 7 heteroatoms. The molecule has 1 aromatic carbocycles. The van der Waals surface area contributed by atoms with Crippen molar-refractivity contribution in [2.75, 3.05) is 7.11 Å². The minimum atomic E-state index is -0.401. The number of hydrogen-bond acceptors (Lipinski definition) is 7. The fourth-order valence-corrected chi connectivity index (χ4v) is 1.95. The van der Waals surface area contributed by atoms with Crippen molar-refractivity contribution < 1.29 is 14.0 Å². The number of benzene rings is 1. The monoisotopic (exact) mass is 312 g/mol. The highest BCUT2D eigenvalue weighted by atomic mass is 16.5. The van der Waals surface area contributed by atoms with Gasteiger partial charge in [-0.1, -0.05) is 11.2 Å².